The molecule has 1 amide bonds. The summed E-state index contributed by atoms with van der Waals surface area (Å²) in [6.07, 6.45) is 10.9. The first-order valence-corrected chi connectivity index (χ1v) is 8.62. The molecule has 0 spiro atoms. The van der Waals surface area contributed by atoms with Crippen LogP contribution < -0.4 is 10.2 Å². The van der Waals surface area contributed by atoms with Crippen LogP contribution in [0, 0.1) is 5.92 Å². The number of carbonyl (C=O) groups is 1. The summed E-state index contributed by atoms with van der Waals surface area (Å²) in [5, 5.41) is 2.59. The molecule has 1 N–H and O–H groups in total. The fourth-order valence-electron chi connectivity index (χ4n) is 3.37. The van der Waals surface area contributed by atoms with E-state index in [1.54, 1.807) is 12.3 Å². The Morgan fingerprint density at radius 3 is 2.57 bits per heavy atom. The molecule has 0 bridgehead atoms. The number of halogens is 1. The molecule has 124 valence electrons. The fraction of sp³-hybridized carbons (Fsp3) is 0.556. The number of pyridine rings is 1. The molecular weight excluding hydrogens is 293 g/mol. The zero-order valence-electron chi connectivity index (χ0n) is 13.4. The van der Waals surface area contributed by atoms with Crippen LogP contribution in [0.5, 0.6) is 0 Å². The van der Waals surface area contributed by atoms with E-state index < -0.39 is 11.7 Å². The molecule has 0 radical (unpaired) electrons. The van der Waals surface area contributed by atoms with Crippen LogP contribution in [-0.2, 0) is 4.79 Å². The largest absolute Gasteiger partial charge is 0.357 e. The van der Waals surface area contributed by atoms with Crippen molar-refractivity contribution >= 4 is 17.4 Å². The number of aromatic nitrogens is 1. The van der Waals surface area contributed by atoms with E-state index in [9.17, 15) is 9.18 Å². The topological polar surface area (TPSA) is 45.2 Å². The number of nitrogens with one attached hydrogen (secondary N) is 1. The van der Waals surface area contributed by atoms with E-state index in [0.29, 0.717) is 5.69 Å². The first-order chi connectivity index (χ1) is 11.2. The van der Waals surface area contributed by atoms with E-state index in [1.165, 1.54) is 25.3 Å². The lowest BCUT2D eigenvalue weighted by molar-refractivity contribution is -0.114. The molecule has 1 aliphatic heterocycles. The summed E-state index contributed by atoms with van der Waals surface area (Å²) in [5.41, 5.74) is 0.533. The summed E-state index contributed by atoms with van der Waals surface area (Å²) in [5.74, 6) is -0.240. The Labute approximate surface area is 136 Å². The Morgan fingerprint density at radius 1 is 1.17 bits per heavy atom. The first kappa shape index (κ1) is 16.0. The Balaban J connectivity index is 1.57. The monoisotopic (exact) mass is 317 g/mol. The van der Waals surface area contributed by atoms with Crippen LogP contribution in [0.2, 0.25) is 0 Å². The van der Waals surface area contributed by atoms with Crippen molar-refractivity contribution in [3.05, 3.63) is 30.2 Å². The minimum atomic E-state index is -0.680. The smallest absolute Gasteiger partial charge is 0.284 e. The van der Waals surface area contributed by atoms with Gasteiger partial charge in [-0.25, -0.2) is 9.37 Å². The highest BCUT2D eigenvalue weighted by Crippen LogP contribution is 2.26. The molecule has 1 aromatic rings. The minimum absolute atomic E-state index is 0.199. The lowest BCUT2D eigenvalue weighted by Gasteiger charge is -2.18. The van der Waals surface area contributed by atoms with Crippen molar-refractivity contribution in [1.29, 1.82) is 0 Å². The second-order valence-electron chi connectivity index (χ2n) is 6.47. The predicted molar refractivity (Wildman–Crippen MR) is 90.1 cm³/mol. The Bertz CT molecular complexity index is 558. The molecular formula is C18H24FN3O. The van der Waals surface area contributed by atoms with Crippen molar-refractivity contribution in [2.24, 2.45) is 5.92 Å². The summed E-state index contributed by atoms with van der Waals surface area (Å²) in [4.78, 5) is 18.5. The van der Waals surface area contributed by atoms with Gasteiger partial charge < -0.3 is 10.2 Å². The summed E-state index contributed by atoms with van der Waals surface area (Å²) >= 11 is 0. The summed E-state index contributed by atoms with van der Waals surface area (Å²) in [6, 6.07) is 3.66. The molecule has 4 nitrogen and oxygen atoms in total. The van der Waals surface area contributed by atoms with Gasteiger partial charge in [-0.1, -0.05) is 19.3 Å². The van der Waals surface area contributed by atoms with Crippen molar-refractivity contribution in [2.75, 3.05) is 23.3 Å². The second kappa shape index (κ2) is 7.57. The molecule has 1 saturated carbocycles. The highest BCUT2D eigenvalue weighted by atomic mass is 19.1. The molecule has 2 aliphatic rings. The maximum atomic E-state index is 14.0. The molecule has 0 atom stereocenters. The van der Waals surface area contributed by atoms with Gasteiger partial charge in [-0.15, -0.1) is 0 Å². The van der Waals surface area contributed by atoms with Crippen LogP contribution in [0.3, 0.4) is 0 Å². The highest BCUT2D eigenvalue weighted by molar-refractivity contribution is 6.02. The van der Waals surface area contributed by atoms with E-state index in [4.69, 9.17) is 0 Å². The second-order valence-corrected chi connectivity index (χ2v) is 6.47. The maximum Gasteiger partial charge on any atom is 0.284 e. The third kappa shape index (κ3) is 4.30. The van der Waals surface area contributed by atoms with Crippen molar-refractivity contribution < 1.29 is 9.18 Å². The first-order valence-electron chi connectivity index (χ1n) is 8.62. The van der Waals surface area contributed by atoms with Gasteiger partial charge in [0.15, 0.2) is 5.83 Å². The van der Waals surface area contributed by atoms with Gasteiger partial charge >= 0.3 is 0 Å². The van der Waals surface area contributed by atoms with Crippen LogP contribution in [0.4, 0.5) is 15.9 Å². The molecule has 2 fully saturated rings. The number of hydrogen-bond donors (Lipinski definition) is 1. The number of allylic oxidation sites excluding steroid dienone is 1. The van der Waals surface area contributed by atoms with Crippen LogP contribution in [-0.4, -0.2) is 24.0 Å². The number of nitrogens with zero attached hydrogens (tertiary/aromatic N) is 2. The molecule has 1 aliphatic carbocycles. The van der Waals surface area contributed by atoms with E-state index in [0.717, 1.165) is 44.6 Å². The van der Waals surface area contributed by atoms with Crippen LogP contribution >= 0.6 is 0 Å². The molecule has 1 aromatic heterocycles. The Hall–Kier alpha value is -1.91. The maximum absolute atomic E-state index is 14.0. The predicted octanol–water partition coefficient (Wildman–Crippen LogP) is 4.05. The molecule has 23 heavy (non-hydrogen) atoms. The van der Waals surface area contributed by atoms with E-state index in [2.05, 4.69) is 15.2 Å². The average Bonchev–Trinajstić information content (AvgIpc) is 3.11. The Morgan fingerprint density at radius 2 is 1.91 bits per heavy atom. The lowest BCUT2D eigenvalue weighted by atomic mass is 9.89. The van der Waals surface area contributed by atoms with Gasteiger partial charge in [0.25, 0.3) is 5.91 Å². The normalized spacial score (nSPS) is 19.9. The molecule has 1 saturated heterocycles. The van der Waals surface area contributed by atoms with Gasteiger partial charge in [0.05, 0.1) is 11.9 Å². The molecule has 0 unspecified atom stereocenters. The highest BCUT2D eigenvalue weighted by Gasteiger charge is 2.17. The quantitative estimate of drug-likeness (QED) is 0.852. The zero-order valence-corrected chi connectivity index (χ0v) is 13.4. The third-order valence-corrected chi connectivity index (χ3v) is 4.68. The number of amides is 1. The van der Waals surface area contributed by atoms with Gasteiger partial charge in [-0.3, -0.25) is 4.79 Å². The molecule has 5 heteroatoms. The number of carbonyl (C=O) groups excluding carboxylic acids is 1. The molecule has 2 heterocycles. The number of rotatable bonds is 4. The lowest BCUT2D eigenvalue weighted by Crippen LogP contribution is -2.19. The van der Waals surface area contributed by atoms with Gasteiger partial charge in [-0.2, -0.15) is 0 Å². The van der Waals surface area contributed by atoms with E-state index in [1.807, 2.05) is 6.07 Å². The van der Waals surface area contributed by atoms with Gasteiger partial charge in [0.2, 0.25) is 0 Å². The van der Waals surface area contributed by atoms with Crippen molar-refractivity contribution in [1.82, 2.24) is 4.98 Å². The van der Waals surface area contributed by atoms with Crippen LogP contribution in [0.15, 0.2) is 30.2 Å². The average molecular weight is 317 g/mol. The summed E-state index contributed by atoms with van der Waals surface area (Å²) in [7, 11) is 0. The number of hydrogen-bond acceptors (Lipinski definition) is 3. The van der Waals surface area contributed by atoms with Gasteiger partial charge in [-0.05, 0) is 49.8 Å². The van der Waals surface area contributed by atoms with Crippen molar-refractivity contribution in [3.63, 3.8) is 0 Å². The number of anilines is 2. The van der Waals surface area contributed by atoms with E-state index >= 15 is 0 Å². The van der Waals surface area contributed by atoms with Crippen LogP contribution in [0.1, 0.15) is 44.9 Å². The minimum Gasteiger partial charge on any atom is -0.357 e. The SMILES string of the molecule is O=C(Nc1ccc(N2CCCC2)nc1)/C(F)=C/C1CCCCC1. The van der Waals surface area contributed by atoms with E-state index in [-0.39, 0.29) is 5.92 Å². The van der Waals surface area contributed by atoms with Gasteiger partial charge in [0, 0.05) is 13.1 Å². The molecule has 0 aromatic carbocycles. The summed E-state index contributed by atoms with van der Waals surface area (Å²) < 4.78 is 14.0. The summed E-state index contributed by atoms with van der Waals surface area (Å²) in [6.45, 7) is 2.05. The third-order valence-electron chi connectivity index (χ3n) is 4.68. The zero-order chi connectivity index (χ0) is 16.1. The standard InChI is InChI=1S/C18H24FN3O/c19-16(12-14-6-2-1-3-7-14)18(23)21-15-8-9-17(20-13-15)22-10-4-5-11-22/h8-9,12-14H,1-7,10-11H2,(H,21,23)/b16-12-. The van der Waals surface area contributed by atoms with Crippen molar-refractivity contribution in [3.8, 4) is 0 Å². The van der Waals surface area contributed by atoms with Gasteiger partial charge in [0.1, 0.15) is 5.82 Å². The molecule has 3 rings (SSSR count). The van der Waals surface area contributed by atoms with Crippen molar-refractivity contribution in [2.45, 2.75) is 44.9 Å². The Kier molecular flexibility index (Phi) is 5.26. The fourth-order valence-corrected chi connectivity index (χ4v) is 3.37. The van der Waals surface area contributed by atoms with Crippen LogP contribution in [0.25, 0.3) is 0 Å².